The summed E-state index contributed by atoms with van der Waals surface area (Å²) in [5, 5.41) is 9.02. The van der Waals surface area contributed by atoms with E-state index >= 15 is 0 Å². The van der Waals surface area contributed by atoms with Gasteiger partial charge in [-0.25, -0.2) is 0 Å². The molecule has 0 saturated carbocycles. The summed E-state index contributed by atoms with van der Waals surface area (Å²) in [5.74, 6) is 0. The van der Waals surface area contributed by atoms with Crippen molar-refractivity contribution in [3.05, 3.63) is 180 Å². The first-order valence-electron chi connectivity index (χ1n) is 18.5. The van der Waals surface area contributed by atoms with Crippen molar-refractivity contribution in [1.82, 2.24) is 9.13 Å². The van der Waals surface area contributed by atoms with Crippen LogP contribution in [0.25, 0.3) is 75.9 Å². The van der Waals surface area contributed by atoms with E-state index in [1.54, 1.807) is 0 Å². The van der Waals surface area contributed by atoms with E-state index < -0.39 is 0 Å². The molecule has 4 heteroatoms. The lowest BCUT2D eigenvalue weighted by molar-refractivity contribution is 1.05. The number of hydrogen-bond donors (Lipinski definition) is 0. The minimum Gasteiger partial charge on any atom is -0.336 e. The SMILES string of the molecule is CC/C=c1\c(=C2/CN(c3ccccc3)c3ccccc32)n(-c2ccccc2)c2c1ccc1c2c2ccccc2n1-c1ccc2sc3ccccc3c2c1. The maximum Gasteiger partial charge on any atom is 0.0641 e. The Bertz CT molecular complexity index is 3180. The largest absolute Gasteiger partial charge is 0.336 e. The van der Waals surface area contributed by atoms with Gasteiger partial charge in [0, 0.05) is 75.4 Å². The topological polar surface area (TPSA) is 13.1 Å². The summed E-state index contributed by atoms with van der Waals surface area (Å²) < 4.78 is 7.70. The lowest BCUT2D eigenvalue weighted by Gasteiger charge is -2.19. The number of para-hydroxylation sites is 4. The van der Waals surface area contributed by atoms with Crippen LogP contribution in [0.15, 0.2) is 164 Å². The monoisotopic (exact) mass is 697 g/mol. The summed E-state index contributed by atoms with van der Waals surface area (Å²) in [5.41, 5.74) is 11.1. The van der Waals surface area contributed by atoms with Crippen molar-refractivity contribution in [2.75, 3.05) is 11.4 Å². The van der Waals surface area contributed by atoms with Gasteiger partial charge in [-0.1, -0.05) is 110 Å². The summed E-state index contributed by atoms with van der Waals surface area (Å²) in [6, 6.07) is 60.2. The van der Waals surface area contributed by atoms with E-state index in [0.717, 1.165) is 13.0 Å². The molecule has 0 bridgehead atoms. The molecule has 0 saturated heterocycles. The van der Waals surface area contributed by atoms with Gasteiger partial charge < -0.3 is 14.0 Å². The predicted octanol–water partition coefficient (Wildman–Crippen LogP) is 11.6. The Morgan fingerprint density at radius 3 is 2.08 bits per heavy atom. The van der Waals surface area contributed by atoms with Crippen molar-refractivity contribution in [3.63, 3.8) is 0 Å². The van der Waals surface area contributed by atoms with Crippen LogP contribution in [0, 0.1) is 0 Å². The maximum absolute atomic E-state index is 2.58. The Kier molecular flexibility index (Phi) is 6.77. The molecule has 53 heavy (non-hydrogen) atoms. The van der Waals surface area contributed by atoms with Crippen molar-refractivity contribution in [2.24, 2.45) is 0 Å². The van der Waals surface area contributed by atoms with Crippen LogP contribution in [0.1, 0.15) is 18.9 Å². The fourth-order valence-corrected chi connectivity index (χ4v) is 9.95. The molecule has 3 aromatic heterocycles. The molecule has 3 nitrogen and oxygen atoms in total. The van der Waals surface area contributed by atoms with Crippen LogP contribution in [0.4, 0.5) is 11.4 Å². The number of thiophene rings is 1. The number of rotatable bonds is 4. The second-order valence-electron chi connectivity index (χ2n) is 14.0. The van der Waals surface area contributed by atoms with Gasteiger partial charge >= 0.3 is 0 Å². The molecule has 0 fully saturated rings. The molecular weight excluding hydrogens is 663 g/mol. The molecule has 0 N–H and O–H groups in total. The van der Waals surface area contributed by atoms with Crippen molar-refractivity contribution in [3.8, 4) is 11.4 Å². The highest BCUT2D eigenvalue weighted by molar-refractivity contribution is 7.25. The van der Waals surface area contributed by atoms with Crippen LogP contribution >= 0.6 is 11.3 Å². The van der Waals surface area contributed by atoms with Crippen molar-refractivity contribution in [2.45, 2.75) is 13.3 Å². The number of nitrogens with zero attached hydrogens (tertiary/aromatic N) is 3. The standard InChI is InChI=1S/C49H35N3S/c1-2-15-37-38-27-28-44-47(39-22-10-13-24-43(39)51(44)34-26-29-46-40(30-34)36-21-11-14-25-45(36)53-46)49(38)52(33-18-7-4-8-19-33)48(37)41-31-50(32-16-5-3-6-17-32)42-23-12-9-20-35(41)42/h3-30H,2,31H2,1H3/b37-15-,48-41-. The van der Waals surface area contributed by atoms with E-state index in [0.29, 0.717) is 0 Å². The lowest BCUT2D eigenvalue weighted by Crippen LogP contribution is -2.32. The molecule has 0 unspecified atom stereocenters. The molecule has 0 amide bonds. The van der Waals surface area contributed by atoms with Crippen LogP contribution in [-0.4, -0.2) is 15.7 Å². The van der Waals surface area contributed by atoms with Gasteiger partial charge in [0.05, 0.1) is 28.4 Å². The zero-order valence-corrected chi connectivity index (χ0v) is 30.1. The van der Waals surface area contributed by atoms with Gasteiger partial charge in [0.25, 0.3) is 0 Å². The van der Waals surface area contributed by atoms with Crippen molar-refractivity contribution in [1.29, 1.82) is 0 Å². The molecule has 0 radical (unpaired) electrons. The van der Waals surface area contributed by atoms with Gasteiger partial charge in [-0.2, -0.15) is 0 Å². The van der Waals surface area contributed by atoms with Gasteiger partial charge in [0.1, 0.15) is 0 Å². The highest BCUT2D eigenvalue weighted by atomic mass is 32.1. The van der Waals surface area contributed by atoms with E-state index in [4.69, 9.17) is 0 Å². The number of hydrogen-bond acceptors (Lipinski definition) is 2. The van der Waals surface area contributed by atoms with E-state index in [1.807, 2.05) is 11.3 Å². The maximum atomic E-state index is 2.58. The van der Waals surface area contributed by atoms with Crippen LogP contribution in [0.5, 0.6) is 0 Å². The molecule has 7 aromatic carbocycles. The number of benzene rings is 7. The molecule has 0 aliphatic carbocycles. The minimum absolute atomic E-state index is 0.788. The van der Waals surface area contributed by atoms with Crippen molar-refractivity contribution < 1.29 is 0 Å². The third-order valence-electron chi connectivity index (χ3n) is 11.0. The number of fused-ring (bicyclic) bond motifs is 9. The normalized spacial score (nSPS) is 14.4. The van der Waals surface area contributed by atoms with Gasteiger partial charge in [-0.3, -0.25) is 0 Å². The minimum atomic E-state index is 0.788. The Hall–Kier alpha value is -6.36. The van der Waals surface area contributed by atoms with Gasteiger partial charge in [0.15, 0.2) is 0 Å². The van der Waals surface area contributed by atoms with Gasteiger partial charge in [-0.05, 0) is 73.2 Å². The molecule has 252 valence electrons. The Morgan fingerprint density at radius 1 is 0.547 bits per heavy atom. The van der Waals surface area contributed by atoms with Crippen LogP contribution in [0.3, 0.4) is 0 Å². The molecule has 11 rings (SSSR count). The molecular formula is C49H35N3S. The second-order valence-corrected chi connectivity index (χ2v) is 15.0. The number of aromatic nitrogens is 2. The Balaban J connectivity index is 1.31. The van der Waals surface area contributed by atoms with E-state index in [1.165, 1.54) is 97.3 Å². The fraction of sp³-hybridized carbons (Fsp3) is 0.0612. The Morgan fingerprint density at radius 2 is 1.25 bits per heavy atom. The van der Waals surface area contributed by atoms with Gasteiger partial charge in [-0.15, -0.1) is 11.3 Å². The molecule has 0 spiro atoms. The lowest BCUT2D eigenvalue weighted by atomic mass is 10.1. The van der Waals surface area contributed by atoms with Crippen molar-refractivity contribution >= 4 is 87.2 Å². The zero-order chi connectivity index (χ0) is 35.0. The molecule has 10 aromatic rings. The fourth-order valence-electron chi connectivity index (χ4n) is 8.86. The molecule has 1 aliphatic rings. The molecule has 1 aliphatic heterocycles. The quantitative estimate of drug-likeness (QED) is 0.178. The third kappa shape index (κ3) is 4.46. The van der Waals surface area contributed by atoms with E-state index in [9.17, 15) is 0 Å². The molecule has 0 atom stereocenters. The summed E-state index contributed by atoms with van der Waals surface area (Å²) in [4.78, 5) is 2.47. The van der Waals surface area contributed by atoms with E-state index in [2.05, 4.69) is 191 Å². The third-order valence-corrected chi connectivity index (χ3v) is 12.2. The summed E-state index contributed by atoms with van der Waals surface area (Å²) in [7, 11) is 0. The summed E-state index contributed by atoms with van der Waals surface area (Å²) in [6.07, 6.45) is 3.38. The summed E-state index contributed by atoms with van der Waals surface area (Å²) in [6.45, 7) is 3.05. The second kappa shape index (κ2) is 11.8. The van der Waals surface area contributed by atoms with Crippen LogP contribution in [0.2, 0.25) is 0 Å². The molecule has 4 heterocycles. The smallest absolute Gasteiger partial charge is 0.0641 e. The van der Waals surface area contributed by atoms with E-state index in [-0.39, 0.29) is 0 Å². The van der Waals surface area contributed by atoms with Crippen LogP contribution < -0.4 is 15.5 Å². The predicted molar refractivity (Wildman–Crippen MR) is 227 cm³/mol. The average molecular weight is 698 g/mol. The number of anilines is 2. The zero-order valence-electron chi connectivity index (χ0n) is 29.3. The first kappa shape index (κ1) is 30.3. The Labute approximate surface area is 311 Å². The summed E-state index contributed by atoms with van der Waals surface area (Å²) >= 11 is 1.87. The highest BCUT2D eigenvalue weighted by Crippen LogP contribution is 2.42. The average Bonchev–Trinajstić information content (AvgIpc) is 3.96. The first-order chi connectivity index (χ1) is 26.3. The highest BCUT2D eigenvalue weighted by Gasteiger charge is 2.28. The first-order valence-corrected chi connectivity index (χ1v) is 19.3. The van der Waals surface area contributed by atoms with Gasteiger partial charge in [0.2, 0.25) is 0 Å². The van der Waals surface area contributed by atoms with Crippen LogP contribution in [-0.2, 0) is 0 Å².